The fourth-order valence-electron chi connectivity index (χ4n) is 19.7. The lowest BCUT2D eigenvalue weighted by molar-refractivity contribution is 0.952. The molecule has 26 rings (SSSR count). The van der Waals surface area contributed by atoms with Gasteiger partial charge in [-0.25, -0.2) is 9.97 Å². The normalized spacial score (nSPS) is 12.0. The fourth-order valence-corrected chi connectivity index (χ4v) is 19.7. The molecule has 586 valence electrons. The van der Waals surface area contributed by atoms with Crippen molar-refractivity contribution in [2.75, 3.05) is 0 Å². The van der Waals surface area contributed by atoms with Crippen LogP contribution in [0.1, 0.15) is 0 Å². The number of fused-ring (bicyclic) bond motifs is 18. The molecule has 0 aliphatic heterocycles. The first-order chi connectivity index (χ1) is 62.5. The third kappa shape index (κ3) is 11.2. The van der Waals surface area contributed by atoms with E-state index in [1.807, 2.05) is 54.6 Å². The zero-order valence-electron chi connectivity index (χ0n) is 67.8. The number of hydrogen-bond donors (Lipinski definition) is 0. The molecule has 0 N–H and O–H groups in total. The Morgan fingerprint density at radius 3 is 0.675 bits per heavy atom. The van der Waals surface area contributed by atoms with Crippen molar-refractivity contribution in [2.24, 2.45) is 0 Å². The van der Waals surface area contributed by atoms with Gasteiger partial charge in [-0.3, -0.25) is 9.13 Å². The SMILES string of the molecule is c1ccc(-c2nc(-c3ccccc3)nc(-n3c4ccc(-c5ccc6c(c5)c5ccccc5n6-c5ccccc5)cc4c4cc(-c5ccc6c(c5)c5ccccc5n6-c5ccc(-c6ccc(-c7nc(-c8ccccc8)nc(-n8c9cc(-n%10c%11ccccc%11c%11ccccc%11%10)ccc9c9ccc(-n%10c%11ccccc%11c%11ccccc%11%10)cc98)n7)cc6)cc5)ccc43)n2)cc1. The quantitative estimate of drug-likeness (QED) is 0.114. The summed E-state index contributed by atoms with van der Waals surface area (Å²) < 4.78 is 14.0. The summed E-state index contributed by atoms with van der Waals surface area (Å²) in [4.78, 5) is 32.2. The van der Waals surface area contributed by atoms with E-state index in [0.717, 1.165) is 166 Å². The van der Waals surface area contributed by atoms with Gasteiger partial charge in [0.1, 0.15) is 0 Å². The number of benzene rings is 18. The highest BCUT2D eigenvalue weighted by molar-refractivity contribution is 6.17. The van der Waals surface area contributed by atoms with Crippen molar-refractivity contribution in [3.05, 3.63) is 425 Å². The molecule has 0 fully saturated rings. The molecule has 8 aromatic heterocycles. The van der Waals surface area contributed by atoms with Gasteiger partial charge in [-0.15, -0.1) is 0 Å². The van der Waals surface area contributed by atoms with E-state index in [4.69, 9.17) is 29.9 Å². The first kappa shape index (κ1) is 70.6. The zero-order chi connectivity index (χ0) is 82.6. The Labute approximate surface area is 721 Å². The van der Waals surface area contributed by atoms with Crippen molar-refractivity contribution in [3.63, 3.8) is 0 Å². The van der Waals surface area contributed by atoms with E-state index >= 15 is 0 Å². The van der Waals surface area contributed by atoms with Gasteiger partial charge in [0, 0.05) is 110 Å². The van der Waals surface area contributed by atoms with Gasteiger partial charge in [-0.05, 0) is 167 Å². The van der Waals surface area contributed by atoms with Crippen LogP contribution in [0.3, 0.4) is 0 Å². The van der Waals surface area contributed by atoms with Gasteiger partial charge in [0.15, 0.2) is 23.3 Å². The molecule has 0 atom stereocenters. The molecule has 26 aromatic rings. The second-order valence-corrected chi connectivity index (χ2v) is 32.6. The van der Waals surface area contributed by atoms with E-state index in [-0.39, 0.29) is 0 Å². The van der Waals surface area contributed by atoms with E-state index in [1.54, 1.807) is 0 Å². The van der Waals surface area contributed by atoms with Gasteiger partial charge < -0.3 is 18.3 Å². The Kier molecular flexibility index (Phi) is 15.8. The summed E-state index contributed by atoms with van der Waals surface area (Å²) in [7, 11) is 0. The largest absolute Gasteiger partial charge is 0.309 e. The van der Waals surface area contributed by atoms with E-state index in [1.165, 1.54) is 43.2 Å². The maximum atomic E-state index is 5.58. The summed E-state index contributed by atoms with van der Waals surface area (Å²) >= 11 is 0. The van der Waals surface area contributed by atoms with Gasteiger partial charge in [-0.1, -0.05) is 291 Å². The Morgan fingerprint density at radius 2 is 0.333 bits per heavy atom. The average Bonchev–Trinajstić information content (AvgIpc) is 1.56. The monoisotopic (exact) mass is 1610 g/mol. The number of nitrogens with zero attached hydrogens (tertiary/aromatic N) is 12. The van der Waals surface area contributed by atoms with Gasteiger partial charge in [0.05, 0.1) is 66.2 Å². The predicted octanol–water partition coefficient (Wildman–Crippen LogP) is 28.3. The number of para-hydroxylation sites is 7. The number of rotatable bonds is 13. The van der Waals surface area contributed by atoms with E-state index in [9.17, 15) is 0 Å². The van der Waals surface area contributed by atoms with Gasteiger partial charge in [0.2, 0.25) is 11.9 Å². The lowest BCUT2D eigenvalue weighted by atomic mass is 9.98. The fraction of sp³-hybridized carbons (Fsp3) is 0. The van der Waals surface area contributed by atoms with E-state index in [2.05, 4.69) is 397 Å². The van der Waals surface area contributed by atoms with Crippen LogP contribution in [0, 0.1) is 0 Å². The first-order valence-electron chi connectivity index (χ1n) is 42.6. The van der Waals surface area contributed by atoms with Crippen molar-refractivity contribution >= 4 is 131 Å². The Bertz CT molecular complexity index is 8610. The molecule has 0 aliphatic carbocycles. The summed E-state index contributed by atoms with van der Waals surface area (Å²) in [5, 5.41) is 13.9. The zero-order valence-corrected chi connectivity index (χ0v) is 67.8. The van der Waals surface area contributed by atoms with Crippen LogP contribution in [0.4, 0.5) is 0 Å². The number of hydrogen-bond acceptors (Lipinski definition) is 6. The van der Waals surface area contributed by atoms with Crippen molar-refractivity contribution < 1.29 is 0 Å². The molecular weight excluding hydrogens is 1540 g/mol. The predicted molar refractivity (Wildman–Crippen MR) is 517 cm³/mol. The van der Waals surface area contributed by atoms with Crippen LogP contribution >= 0.6 is 0 Å². The molecule has 0 saturated carbocycles. The summed E-state index contributed by atoms with van der Waals surface area (Å²) in [6, 6.07) is 152. The van der Waals surface area contributed by atoms with Gasteiger partial charge >= 0.3 is 0 Å². The van der Waals surface area contributed by atoms with Crippen LogP contribution in [-0.4, -0.2) is 57.3 Å². The molecular formula is C114H70N12. The summed E-state index contributed by atoms with van der Waals surface area (Å²) in [6.45, 7) is 0. The van der Waals surface area contributed by atoms with Crippen molar-refractivity contribution in [3.8, 4) is 114 Å². The minimum absolute atomic E-state index is 0.512. The molecule has 126 heavy (non-hydrogen) atoms. The summed E-state index contributed by atoms with van der Waals surface area (Å²) in [6.07, 6.45) is 0. The van der Waals surface area contributed by atoms with Crippen LogP contribution in [0.2, 0.25) is 0 Å². The van der Waals surface area contributed by atoms with Crippen molar-refractivity contribution in [2.45, 2.75) is 0 Å². The Morgan fingerprint density at radius 1 is 0.119 bits per heavy atom. The summed E-state index contributed by atoms with van der Waals surface area (Å²) in [5.74, 6) is 3.38. The van der Waals surface area contributed by atoms with E-state index in [0.29, 0.717) is 35.2 Å². The molecule has 0 bridgehead atoms. The standard InChI is InChI=1S/C114H70N12/c1-5-25-73(26-6-1)109-115-110(74-27-7-2-8-28-74)118-113(117-109)125-105-63-53-79(77-51-61-103-93(65-77)89-37-17-23-43-101(89)121(103)81-31-11-4-12-32-81)67-95(105)96-68-80(54-64-106(96)125)78-52-62-104-94(66-78)90-38-18-24-44-102(90)122(104)82-55-49-72(50-56-82)71-45-47-76(48-46-71)112-116-111(75-29-9-3-10-30-75)119-114(120-112)126-107-69-83(123-97-39-19-13-33-85(97)86-34-14-20-40-98(86)123)57-59-91(107)92-60-58-84(70-108(92)126)124-99-41-21-15-35-87(99)88-36-16-22-42-100(88)124/h1-70H. The molecule has 12 nitrogen and oxygen atoms in total. The maximum Gasteiger partial charge on any atom is 0.238 e. The lowest BCUT2D eigenvalue weighted by Crippen LogP contribution is -2.07. The lowest BCUT2D eigenvalue weighted by Gasteiger charge is -2.13. The number of aromatic nitrogens is 12. The maximum absolute atomic E-state index is 5.58. The smallest absolute Gasteiger partial charge is 0.238 e. The highest BCUT2D eigenvalue weighted by atomic mass is 15.2. The topological polar surface area (TPSA) is 107 Å². The van der Waals surface area contributed by atoms with Crippen LogP contribution < -0.4 is 0 Å². The molecule has 0 aliphatic rings. The van der Waals surface area contributed by atoms with Crippen LogP contribution in [0.5, 0.6) is 0 Å². The van der Waals surface area contributed by atoms with Crippen LogP contribution in [0.15, 0.2) is 425 Å². The highest BCUT2D eigenvalue weighted by Crippen LogP contribution is 2.45. The Hall–Kier alpha value is -17.2. The molecule has 0 amide bonds. The molecule has 0 saturated heterocycles. The minimum Gasteiger partial charge on any atom is -0.309 e. The molecule has 12 heteroatoms. The second kappa shape index (κ2) is 28.2. The van der Waals surface area contributed by atoms with Crippen molar-refractivity contribution in [1.82, 2.24) is 57.3 Å². The minimum atomic E-state index is 0.512. The molecule has 18 aromatic carbocycles. The first-order valence-corrected chi connectivity index (χ1v) is 42.6. The molecule has 0 radical (unpaired) electrons. The Balaban J connectivity index is 0.574. The average molecular weight is 1610 g/mol. The van der Waals surface area contributed by atoms with Crippen LogP contribution in [0.25, 0.3) is 244 Å². The third-order valence-electron chi connectivity index (χ3n) is 25.5. The van der Waals surface area contributed by atoms with Crippen LogP contribution in [-0.2, 0) is 0 Å². The molecule has 0 unspecified atom stereocenters. The molecule has 0 spiro atoms. The second-order valence-electron chi connectivity index (χ2n) is 32.6. The molecule has 8 heterocycles. The van der Waals surface area contributed by atoms with Gasteiger partial charge in [-0.2, -0.15) is 19.9 Å². The highest BCUT2D eigenvalue weighted by Gasteiger charge is 2.26. The third-order valence-corrected chi connectivity index (χ3v) is 25.5. The summed E-state index contributed by atoms with van der Waals surface area (Å²) in [5.41, 5.74) is 27.4. The van der Waals surface area contributed by atoms with Crippen molar-refractivity contribution in [1.29, 1.82) is 0 Å². The van der Waals surface area contributed by atoms with E-state index < -0.39 is 0 Å². The van der Waals surface area contributed by atoms with Gasteiger partial charge in [0.25, 0.3) is 0 Å².